The topological polar surface area (TPSA) is 24.1 Å². The molecular weight excluding hydrogens is 184 g/mol. The zero-order valence-corrected chi connectivity index (χ0v) is 9.42. The van der Waals surface area contributed by atoms with Crippen molar-refractivity contribution in [2.45, 2.75) is 6.92 Å². The molecule has 0 amide bonds. The van der Waals surface area contributed by atoms with E-state index in [-0.39, 0.29) is 0 Å². The number of hydrogen-bond donors (Lipinski definition) is 2. The monoisotopic (exact) mass is 204 g/mol. The van der Waals surface area contributed by atoms with Gasteiger partial charge < -0.3 is 10.6 Å². The summed E-state index contributed by atoms with van der Waals surface area (Å²) in [6.45, 7) is 10.3. The SMILES string of the molecule is C1CNCCN1.C=Cc1ccccc1C. The first-order valence-corrected chi connectivity index (χ1v) is 5.44. The van der Waals surface area contributed by atoms with Gasteiger partial charge in [-0.15, -0.1) is 0 Å². The molecule has 1 heterocycles. The van der Waals surface area contributed by atoms with Crippen molar-refractivity contribution in [2.75, 3.05) is 26.2 Å². The molecule has 1 fully saturated rings. The molecule has 0 spiro atoms. The summed E-state index contributed by atoms with van der Waals surface area (Å²) < 4.78 is 0. The van der Waals surface area contributed by atoms with E-state index in [1.165, 1.54) is 11.1 Å². The van der Waals surface area contributed by atoms with Crippen molar-refractivity contribution in [3.63, 3.8) is 0 Å². The molecule has 1 aromatic carbocycles. The van der Waals surface area contributed by atoms with Crippen molar-refractivity contribution in [3.05, 3.63) is 42.0 Å². The van der Waals surface area contributed by atoms with Crippen molar-refractivity contribution in [1.29, 1.82) is 0 Å². The van der Waals surface area contributed by atoms with Crippen molar-refractivity contribution in [3.8, 4) is 0 Å². The molecule has 15 heavy (non-hydrogen) atoms. The van der Waals surface area contributed by atoms with Gasteiger partial charge in [-0.1, -0.05) is 36.9 Å². The van der Waals surface area contributed by atoms with Gasteiger partial charge in [-0.3, -0.25) is 0 Å². The molecule has 0 bridgehead atoms. The van der Waals surface area contributed by atoms with Gasteiger partial charge in [-0.25, -0.2) is 0 Å². The van der Waals surface area contributed by atoms with Gasteiger partial charge in [-0.05, 0) is 18.1 Å². The minimum absolute atomic E-state index is 1.14. The predicted octanol–water partition coefficient (Wildman–Crippen LogP) is 1.82. The van der Waals surface area contributed by atoms with Crippen LogP contribution in [-0.2, 0) is 0 Å². The van der Waals surface area contributed by atoms with E-state index in [9.17, 15) is 0 Å². The lowest BCUT2D eigenvalue weighted by molar-refractivity contribution is 0.534. The van der Waals surface area contributed by atoms with E-state index in [0.29, 0.717) is 0 Å². The van der Waals surface area contributed by atoms with Crippen LogP contribution in [0.4, 0.5) is 0 Å². The molecule has 2 rings (SSSR count). The maximum atomic E-state index is 3.69. The van der Waals surface area contributed by atoms with Crippen LogP contribution in [0.15, 0.2) is 30.8 Å². The molecule has 82 valence electrons. The summed E-state index contributed by atoms with van der Waals surface area (Å²) >= 11 is 0. The number of aryl methyl sites for hydroxylation is 1. The normalized spacial score (nSPS) is 15.0. The number of nitrogens with one attached hydrogen (secondary N) is 2. The second-order valence-corrected chi connectivity index (χ2v) is 3.56. The smallest absolute Gasteiger partial charge is 0.00772 e. The van der Waals surface area contributed by atoms with Gasteiger partial charge in [0.25, 0.3) is 0 Å². The highest BCUT2D eigenvalue weighted by molar-refractivity contribution is 5.50. The van der Waals surface area contributed by atoms with E-state index < -0.39 is 0 Å². The Bertz CT molecular complexity index is 279. The fourth-order valence-electron chi connectivity index (χ4n) is 1.42. The summed E-state index contributed by atoms with van der Waals surface area (Å²) in [6, 6.07) is 8.19. The molecule has 0 atom stereocenters. The quantitative estimate of drug-likeness (QED) is 0.729. The van der Waals surface area contributed by atoms with Gasteiger partial charge in [0.1, 0.15) is 0 Å². The highest BCUT2D eigenvalue weighted by atomic mass is 15.0. The Kier molecular flexibility index (Phi) is 5.74. The molecule has 1 aliphatic rings. The molecule has 0 radical (unpaired) electrons. The molecule has 2 heteroatoms. The third kappa shape index (κ3) is 4.77. The highest BCUT2D eigenvalue weighted by Crippen LogP contribution is 2.06. The van der Waals surface area contributed by atoms with Crippen LogP contribution in [0.3, 0.4) is 0 Å². The minimum atomic E-state index is 1.14. The fraction of sp³-hybridized carbons (Fsp3) is 0.385. The van der Waals surface area contributed by atoms with Gasteiger partial charge in [0.15, 0.2) is 0 Å². The summed E-state index contributed by atoms with van der Waals surface area (Å²) in [5.74, 6) is 0. The first kappa shape index (κ1) is 12.0. The number of benzene rings is 1. The fourth-order valence-corrected chi connectivity index (χ4v) is 1.42. The zero-order valence-electron chi connectivity index (χ0n) is 9.42. The lowest BCUT2D eigenvalue weighted by Crippen LogP contribution is -2.39. The van der Waals surface area contributed by atoms with Crippen LogP contribution in [0.5, 0.6) is 0 Å². The van der Waals surface area contributed by atoms with Gasteiger partial charge in [0.05, 0.1) is 0 Å². The van der Waals surface area contributed by atoms with Crippen LogP contribution < -0.4 is 10.6 Å². The highest BCUT2D eigenvalue weighted by Gasteiger charge is 1.91. The summed E-state index contributed by atoms with van der Waals surface area (Å²) in [7, 11) is 0. The minimum Gasteiger partial charge on any atom is -0.314 e. The average molecular weight is 204 g/mol. The van der Waals surface area contributed by atoms with Crippen molar-refractivity contribution >= 4 is 6.08 Å². The number of rotatable bonds is 1. The Morgan fingerprint density at radius 2 is 1.60 bits per heavy atom. The van der Waals surface area contributed by atoms with Crippen LogP contribution in [-0.4, -0.2) is 26.2 Å². The van der Waals surface area contributed by atoms with Crippen LogP contribution in [0, 0.1) is 6.92 Å². The molecule has 0 saturated carbocycles. The van der Waals surface area contributed by atoms with E-state index in [4.69, 9.17) is 0 Å². The maximum Gasteiger partial charge on any atom is 0.00772 e. The molecule has 0 unspecified atom stereocenters. The van der Waals surface area contributed by atoms with E-state index in [2.05, 4.69) is 36.3 Å². The van der Waals surface area contributed by atoms with Gasteiger partial charge >= 0.3 is 0 Å². The second-order valence-electron chi connectivity index (χ2n) is 3.56. The van der Waals surface area contributed by atoms with Gasteiger partial charge in [0.2, 0.25) is 0 Å². The van der Waals surface area contributed by atoms with E-state index in [1.54, 1.807) is 0 Å². The third-order valence-electron chi connectivity index (χ3n) is 2.37. The van der Waals surface area contributed by atoms with E-state index in [1.807, 2.05) is 18.2 Å². The lowest BCUT2D eigenvalue weighted by Gasteiger charge is -2.11. The van der Waals surface area contributed by atoms with Crippen molar-refractivity contribution < 1.29 is 0 Å². The first-order valence-electron chi connectivity index (χ1n) is 5.44. The summed E-state index contributed by atoms with van der Waals surface area (Å²) in [4.78, 5) is 0. The Hall–Kier alpha value is -1.12. The largest absolute Gasteiger partial charge is 0.314 e. The maximum absolute atomic E-state index is 3.69. The van der Waals surface area contributed by atoms with Crippen molar-refractivity contribution in [2.24, 2.45) is 0 Å². The van der Waals surface area contributed by atoms with Crippen LogP contribution in [0.1, 0.15) is 11.1 Å². The second kappa shape index (κ2) is 7.21. The van der Waals surface area contributed by atoms with Crippen molar-refractivity contribution in [1.82, 2.24) is 10.6 Å². The Morgan fingerprint density at radius 1 is 1.07 bits per heavy atom. The molecular formula is C13H20N2. The molecule has 2 N–H and O–H groups in total. The molecule has 2 nitrogen and oxygen atoms in total. The number of piperazine rings is 1. The predicted molar refractivity (Wildman–Crippen MR) is 67.0 cm³/mol. The molecule has 0 aliphatic carbocycles. The van der Waals surface area contributed by atoms with E-state index in [0.717, 1.165) is 26.2 Å². The lowest BCUT2D eigenvalue weighted by atomic mass is 10.1. The van der Waals surface area contributed by atoms with Gasteiger partial charge in [0, 0.05) is 26.2 Å². The first-order chi connectivity index (χ1) is 7.34. The zero-order chi connectivity index (χ0) is 10.9. The van der Waals surface area contributed by atoms with Crippen LogP contribution in [0.25, 0.3) is 6.08 Å². The Labute approximate surface area is 92.4 Å². The van der Waals surface area contributed by atoms with E-state index >= 15 is 0 Å². The molecule has 1 aromatic rings. The third-order valence-corrected chi connectivity index (χ3v) is 2.37. The standard InChI is InChI=1S/C9H10.C4H10N2/c1-3-9-7-5-4-6-8(9)2;1-2-6-4-3-5-1/h3-7H,1H2,2H3;5-6H,1-4H2. The number of hydrogen-bond acceptors (Lipinski definition) is 2. The van der Waals surface area contributed by atoms with Crippen LogP contribution >= 0.6 is 0 Å². The van der Waals surface area contributed by atoms with Crippen LogP contribution in [0.2, 0.25) is 0 Å². The average Bonchev–Trinajstić information content (AvgIpc) is 2.33. The Balaban J connectivity index is 0.000000162. The molecule has 1 saturated heterocycles. The summed E-state index contributed by atoms with van der Waals surface area (Å²) in [6.07, 6.45) is 1.87. The Morgan fingerprint density at radius 3 is 1.93 bits per heavy atom. The molecule has 0 aromatic heterocycles. The summed E-state index contributed by atoms with van der Waals surface area (Å²) in [5.41, 5.74) is 2.50. The molecule has 1 aliphatic heterocycles. The van der Waals surface area contributed by atoms with Gasteiger partial charge in [-0.2, -0.15) is 0 Å². The summed E-state index contributed by atoms with van der Waals surface area (Å²) in [5, 5.41) is 6.44.